The van der Waals surface area contributed by atoms with E-state index < -0.39 is 64.8 Å². The Kier molecular flexibility index (Phi) is 5.53. The third-order valence-electron chi connectivity index (χ3n) is 3.47. The molecule has 12 heteroatoms. The van der Waals surface area contributed by atoms with Gasteiger partial charge in [0, 0.05) is 0 Å². The van der Waals surface area contributed by atoms with Crippen molar-refractivity contribution in [2.75, 3.05) is 0 Å². The highest BCUT2D eigenvalue weighted by molar-refractivity contribution is 7.62. The number of benzene rings is 2. The molecule has 1 unspecified atom stereocenters. The number of hydrogen-bond acceptors (Lipinski definition) is 6. The molecule has 2 rings (SSSR count). The van der Waals surface area contributed by atoms with Gasteiger partial charge in [-0.15, -0.1) is 0 Å². The maximum absolute atomic E-state index is 12.8. The summed E-state index contributed by atoms with van der Waals surface area (Å²) in [4.78, 5) is 55.8. The summed E-state index contributed by atoms with van der Waals surface area (Å²) in [5.74, 6) is -7.90. The Morgan fingerprint density at radius 3 is 1.32 bits per heavy atom. The van der Waals surface area contributed by atoms with E-state index in [2.05, 4.69) is 0 Å². The SMILES string of the molecule is O=C(O)c1cccc(C(=O)O)c1OP(=O)(O)c1c(C(=O)O)cccc1C(=O)O. The van der Waals surface area contributed by atoms with Crippen molar-refractivity contribution in [1.82, 2.24) is 0 Å². The summed E-state index contributed by atoms with van der Waals surface area (Å²) in [5, 5.41) is 35.7. The minimum atomic E-state index is -5.37. The monoisotopic (exact) mass is 410 g/mol. The van der Waals surface area contributed by atoms with Crippen molar-refractivity contribution in [2.24, 2.45) is 0 Å². The van der Waals surface area contributed by atoms with Crippen LogP contribution in [0.1, 0.15) is 41.4 Å². The van der Waals surface area contributed by atoms with E-state index in [-0.39, 0.29) is 0 Å². The fourth-order valence-corrected chi connectivity index (χ4v) is 3.82. The van der Waals surface area contributed by atoms with Gasteiger partial charge in [0.05, 0.1) is 11.1 Å². The molecule has 0 radical (unpaired) electrons. The van der Waals surface area contributed by atoms with Crippen LogP contribution in [0.4, 0.5) is 0 Å². The zero-order valence-corrected chi connectivity index (χ0v) is 14.5. The molecule has 0 aliphatic rings. The molecule has 0 aliphatic heterocycles. The van der Waals surface area contributed by atoms with Crippen molar-refractivity contribution >= 4 is 36.8 Å². The lowest BCUT2D eigenvalue weighted by atomic mass is 10.1. The molecule has 0 fully saturated rings. The van der Waals surface area contributed by atoms with Crippen LogP contribution in [-0.4, -0.2) is 49.2 Å². The molecule has 0 amide bonds. The van der Waals surface area contributed by atoms with E-state index in [0.29, 0.717) is 0 Å². The minimum Gasteiger partial charge on any atom is -0.478 e. The van der Waals surface area contributed by atoms with Crippen LogP contribution in [0.2, 0.25) is 0 Å². The smallest absolute Gasteiger partial charge is 0.409 e. The van der Waals surface area contributed by atoms with Crippen molar-refractivity contribution < 1.29 is 53.6 Å². The zero-order chi connectivity index (χ0) is 21.2. The number of carboxylic acid groups (broad SMARTS) is 4. The van der Waals surface area contributed by atoms with Crippen LogP contribution in [-0.2, 0) is 4.57 Å². The van der Waals surface area contributed by atoms with Crippen LogP contribution < -0.4 is 9.83 Å². The first kappa shape index (κ1) is 20.6. The predicted molar refractivity (Wildman–Crippen MR) is 90.8 cm³/mol. The first-order valence-corrected chi connectivity index (χ1v) is 8.77. The van der Waals surface area contributed by atoms with Crippen LogP contribution >= 0.6 is 7.60 Å². The van der Waals surface area contributed by atoms with Gasteiger partial charge in [-0.05, 0) is 24.3 Å². The van der Waals surface area contributed by atoms with Gasteiger partial charge in [0.15, 0.2) is 5.75 Å². The van der Waals surface area contributed by atoms with Gasteiger partial charge < -0.3 is 29.8 Å². The lowest BCUT2D eigenvalue weighted by Crippen LogP contribution is -2.25. The summed E-state index contributed by atoms with van der Waals surface area (Å²) in [6.45, 7) is 0. The number of carbonyl (C=O) groups is 4. The highest BCUT2D eigenvalue weighted by atomic mass is 31.2. The summed E-state index contributed by atoms with van der Waals surface area (Å²) >= 11 is 0. The number of aromatic carboxylic acids is 4. The van der Waals surface area contributed by atoms with Gasteiger partial charge in [0.1, 0.15) is 16.4 Å². The normalized spacial score (nSPS) is 12.6. The van der Waals surface area contributed by atoms with E-state index in [1.807, 2.05) is 0 Å². The number of rotatable bonds is 7. The van der Waals surface area contributed by atoms with Crippen molar-refractivity contribution in [3.63, 3.8) is 0 Å². The molecule has 0 aromatic heterocycles. The lowest BCUT2D eigenvalue weighted by Gasteiger charge is -2.19. The molecule has 0 heterocycles. The van der Waals surface area contributed by atoms with Crippen LogP contribution in [0, 0.1) is 0 Å². The molecule has 146 valence electrons. The summed E-state index contributed by atoms with van der Waals surface area (Å²) in [6, 6.07) is 5.55. The van der Waals surface area contributed by atoms with Gasteiger partial charge in [-0.25, -0.2) is 23.7 Å². The topological polar surface area (TPSA) is 196 Å². The summed E-state index contributed by atoms with van der Waals surface area (Å²) in [5.41, 5.74) is -3.34. The average Bonchev–Trinajstić information content (AvgIpc) is 2.60. The second-order valence-corrected chi connectivity index (χ2v) is 6.89. The van der Waals surface area contributed by atoms with Crippen molar-refractivity contribution in [1.29, 1.82) is 0 Å². The zero-order valence-electron chi connectivity index (χ0n) is 13.6. The Balaban J connectivity index is 2.78. The van der Waals surface area contributed by atoms with Crippen molar-refractivity contribution in [2.45, 2.75) is 0 Å². The first-order valence-electron chi connectivity index (χ1n) is 7.19. The fraction of sp³-hybridized carbons (Fsp3) is 0. The van der Waals surface area contributed by atoms with Gasteiger partial charge >= 0.3 is 31.5 Å². The number of para-hydroxylation sites is 1. The molecule has 2 aromatic rings. The highest BCUT2D eigenvalue weighted by Crippen LogP contribution is 2.46. The second-order valence-electron chi connectivity index (χ2n) is 5.22. The maximum Gasteiger partial charge on any atom is 0.409 e. The Labute approximate surface area is 155 Å². The van der Waals surface area contributed by atoms with Crippen molar-refractivity contribution in [3.05, 3.63) is 58.7 Å². The Hall–Kier alpha value is -3.69. The molecule has 0 saturated carbocycles. The fourth-order valence-electron chi connectivity index (χ4n) is 2.33. The Morgan fingerprint density at radius 2 is 1.00 bits per heavy atom. The highest BCUT2D eigenvalue weighted by Gasteiger charge is 2.37. The molecule has 1 atom stereocenters. The third-order valence-corrected chi connectivity index (χ3v) is 4.95. The van der Waals surface area contributed by atoms with Gasteiger partial charge in [-0.2, -0.15) is 0 Å². The number of carboxylic acids is 4. The molecule has 28 heavy (non-hydrogen) atoms. The van der Waals surface area contributed by atoms with Gasteiger partial charge in [-0.1, -0.05) is 12.1 Å². The van der Waals surface area contributed by atoms with E-state index in [1.165, 1.54) is 0 Å². The molecule has 0 saturated heterocycles. The minimum absolute atomic E-state index is 0.793. The first-order chi connectivity index (χ1) is 13.0. The van der Waals surface area contributed by atoms with Crippen LogP contribution in [0.25, 0.3) is 0 Å². The molecule has 5 N–H and O–H groups in total. The van der Waals surface area contributed by atoms with Gasteiger partial charge in [0.25, 0.3) is 0 Å². The van der Waals surface area contributed by atoms with Gasteiger partial charge in [0.2, 0.25) is 0 Å². The van der Waals surface area contributed by atoms with Crippen LogP contribution in [0.3, 0.4) is 0 Å². The molecule has 2 aromatic carbocycles. The standard InChI is InChI=1S/C16H11O11P/c17-13(18)7-3-1-4-8(14(19)20)11(7)27-28(25,26)12-9(15(21)22)5-2-6-10(12)16(23)24/h1-6H,(H,17,18)(H,19,20)(H,21,22)(H,23,24)(H,25,26). The van der Waals surface area contributed by atoms with E-state index in [0.717, 1.165) is 36.4 Å². The average molecular weight is 410 g/mol. The Bertz CT molecular complexity index is 992. The summed E-state index contributed by atoms with van der Waals surface area (Å²) < 4.78 is 17.6. The second kappa shape index (κ2) is 7.51. The molecule has 11 nitrogen and oxygen atoms in total. The van der Waals surface area contributed by atoms with Crippen LogP contribution in [0.5, 0.6) is 5.75 Å². The largest absolute Gasteiger partial charge is 0.478 e. The summed E-state index contributed by atoms with van der Waals surface area (Å²) in [7, 11) is -5.37. The maximum atomic E-state index is 12.8. The molecule has 0 aliphatic carbocycles. The van der Waals surface area contributed by atoms with Crippen molar-refractivity contribution in [3.8, 4) is 5.75 Å². The van der Waals surface area contributed by atoms with E-state index >= 15 is 0 Å². The third kappa shape index (κ3) is 3.85. The molecular weight excluding hydrogens is 399 g/mol. The van der Waals surface area contributed by atoms with Gasteiger partial charge in [-0.3, -0.25) is 0 Å². The molecule has 0 bridgehead atoms. The van der Waals surface area contributed by atoms with E-state index in [4.69, 9.17) is 4.52 Å². The predicted octanol–water partition coefficient (Wildman–Crippen LogP) is 1.37. The van der Waals surface area contributed by atoms with E-state index in [9.17, 15) is 49.1 Å². The lowest BCUT2D eigenvalue weighted by molar-refractivity contribution is 0.0673. The summed E-state index contributed by atoms with van der Waals surface area (Å²) in [6.07, 6.45) is 0. The molecule has 0 spiro atoms. The van der Waals surface area contributed by atoms with E-state index in [1.54, 1.807) is 0 Å². The molecular formula is C16H11O11P. The van der Waals surface area contributed by atoms with Crippen LogP contribution in [0.15, 0.2) is 36.4 Å². The Morgan fingerprint density at radius 1 is 0.679 bits per heavy atom. The number of hydrogen-bond donors (Lipinski definition) is 5. The quantitative estimate of drug-likeness (QED) is 0.413.